The first kappa shape index (κ1) is 15.2. The van der Waals surface area contributed by atoms with Crippen molar-refractivity contribution in [3.63, 3.8) is 0 Å². The van der Waals surface area contributed by atoms with Gasteiger partial charge in [0.25, 0.3) is 0 Å². The van der Waals surface area contributed by atoms with E-state index < -0.39 is 5.97 Å². The number of hydrogen-bond donors (Lipinski definition) is 0. The lowest BCUT2D eigenvalue weighted by Crippen LogP contribution is -2.19. The Kier molecular flexibility index (Phi) is 4.40. The zero-order valence-electron chi connectivity index (χ0n) is 12.7. The predicted molar refractivity (Wildman–Crippen MR) is 75.3 cm³/mol. The molecule has 114 valence electrons. The van der Waals surface area contributed by atoms with Crippen molar-refractivity contribution in [3.05, 3.63) is 23.7 Å². The van der Waals surface area contributed by atoms with Crippen LogP contribution < -0.4 is 0 Å². The van der Waals surface area contributed by atoms with E-state index in [2.05, 4.69) is 15.0 Å². The minimum absolute atomic E-state index is 0.0491. The van der Waals surface area contributed by atoms with Crippen LogP contribution in [-0.4, -0.2) is 52.9 Å². The number of methoxy groups -OCH3 is 1. The van der Waals surface area contributed by atoms with Crippen LogP contribution >= 0.6 is 0 Å². The SMILES string of the molecule is CCn1cc(C2CC2C(=O)/C(=C/N(C)C)C(=O)OC)nn1. The van der Waals surface area contributed by atoms with Gasteiger partial charge in [-0.25, -0.2) is 4.79 Å². The number of esters is 1. The molecule has 0 saturated heterocycles. The molecule has 1 aliphatic rings. The quantitative estimate of drug-likeness (QED) is 0.330. The highest BCUT2D eigenvalue weighted by Crippen LogP contribution is 2.48. The molecule has 0 aliphatic heterocycles. The number of carbonyl (C=O) groups is 2. The Morgan fingerprint density at radius 1 is 1.52 bits per heavy atom. The number of hydrogen-bond acceptors (Lipinski definition) is 6. The zero-order chi connectivity index (χ0) is 15.6. The highest BCUT2D eigenvalue weighted by Gasteiger charge is 2.47. The summed E-state index contributed by atoms with van der Waals surface area (Å²) in [6.45, 7) is 2.72. The second kappa shape index (κ2) is 6.07. The second-order valence-corrected chi connectivity index (χ2v) is 5.31. The molecule has 0 aromatic carbocycles. The molecule has 2 rings (SSSR count). The molecule has 7 heteroatoms. The molecule has 1 heterocycles. The van der Waals surface area contributed by atoms with Gasteiger partial charge in [0, 0.05) is 44.9 Å². The van der Waals surface area contributed by atoms with Crippen LogP contribution in [0.3, 0.4) is 0 Å². The van der Waals surface area contributed by atoms with Crippen LogP contribution in [0.4, 0.5) is 0 Å². The Morgan fingerprint density at radius 3 is 2.76 bits per heavy atom. The van der Waals surface area contributed by atoms with Gasteiger partial charge in [-0.3, -0.25) is 9.48 Å². The summed E-state index contributed by atoms with van der Waals surface area (Å²) < 4.78 is 6.42. The number of ether oxygens (including phenoxy) is 1. The van der Waals surface area contributed by atoms with Gasteiger partial charge in [0.2, 0.25) is 0 Å². The molecule has 1 aromatic rings. The summed E-state index contributed by atoms with van der Waals surface area (Å²) in [5, 5.41) is 8.06. The fourth-order valence-corrected chi connectivity index (χ4v) is 2.23. The molecule has 1 aliphatic carbocycles. The maximum atomic E-state index is 12.5. The maximum Gasteiger partial charge on any atom is 0.342 e. The highest BCUT2D eigenvalue weighted by atomic mass is 16.5. The van der Waals surface area contributed by atoms with Gasteiger partial charge in [-0.05, 0) is 13.3 Å². The van der Waals surface area contributed by atoms with E-state index in [1.807, 2.05) is 13.1 Å². The van der Waals surface area contributed by atoms with E-state index in [0.29, 0.717) is 6.42 Å². The van der Waals surface area contributed by atoms with Gasteiger partial charge < -0.3 is 9.64 Å². The summed E-state index contributed by atoms with van der Waals surface area (Å²) >= 11 is 0. The van der Waals surface area contributed by atoms with E-state index in [9.17, 15) is 9.59 Å². The van der Waals surface area contributed by atoms with Crippen molar-refractivity contribution in [3.8, 4) is 0 Å². The van der Waals surface area contributed by atoms with Crippen molar-refractivity contribution < 1.29 is 14.3 Å². The van der Waals surface area contributed by atoms with Crippen LogP contribution in [0.25, 0.3) is 0 Å². The number of aryl methyl sites for hydroxylation is 1. The minimum atomic E-state index is -0.600. The topological polar surface area (TPSA) is 77.3 Å². The minimum Gasteiger partial charge on any atom is -0.465 e. The van der Waals surface area contributed by atoms with Crippen LogP contribution in [0, 0.1) is 5.92 Å². The molecule has 1 saturated carbocycles. The summed E-state index contributed by atoms with van der Waals surface area (Å²) in [6, 6.07) is 0. The van der Waals surface area contributed by atoms with Gasteiger partial charge in [0.15, 0.2) is 5.78 Å². The van der Waals surface area contributed by atoms with Crippen molar-refractivity contribution in [2.75, 3.05) is 21.2 Å². The van der Waals surface area contributed by atoms with Crippen LogP contribution in [0.1, 0.15) is 25.0 Å². The number of ketones is 1. The molecule has 0 spiro atoms. The third-order valence-electron chi connectivity index (χ3n) is 3.45. The fourth-order valence-electron chi connectivity index (χ4n) is 2.23. The summed E-state index contributed by atoms with van der Waals surface area (Å²) in [6.07, 6.45) is 4.06. The third kappa shape index (κ3) is 3.29. The molecule has 0 N–H and O–H groups in total. The lowest BCUT2D eigenvalue weighted by molar-refractivity contribution is -0.138. The fraction of sp³-hybridized carbons (Fsp3) is 0.571. The van der Waals surface area contributed by atoms with Crippen molar-refractivity contribution in [2.24, 2.45) is 5.92 Å². The van der Waals surface area contributed by atoms with E-state index in [1.165, 1.54) is 13.3 Å². The van der Waals surface area contributed by atoms with Crippen LogP contribution in [0.15, 0.2) is 18.0 Å². The number of Topliss-reactive ketones (excluding diaryl/α,β-unsaturated/α-hetero) is 1. The average Bonchev–Trinajstić information content (AvgIpc) is 3.12. The van der Waals surface area contributed by atoms with Crippen LogP contribution in [0.5, 0.6) is 0 Å². The van der Waals surface area contributed by atoms with Gasteiger partial charge >= 0.3 is 5.97 Å². The molecule has 7 nitrogen and oxygen atoms in total. The first-order chi connectivity index (χ1) is 9.97. The van der Waals surface area contributed by atoms with Gasteiger partial charge in [-0.2, -0.15) is 0 Å². The summed E-state index contributed by atoms with van der Waals surface area (Å²) in [5.41, 5.74) is 0.891. The van der Waals surface area contributed by atoms with E-state index in [0.717, 1.165) is 12.2 Å². The number of carbonyl (C=O) groups excluding carboxylic acids is 2. The Labute approximate surface area is 123 Å². The average molecular weight is 292 g/mol. The molecule has 0 radical (unpaired) electrons. The second-order valence-electron chi connectivity index (χ2n) is 5.31. The Hall–Kier alpha value is -2.18. The predicted octanol–water partition coefficient (Wildman–Crippen LogP) is 0.589. The van der Waals surface area contributed by atoms with E-state index >= 15 is 0 Å². The summed E-state index contributed by atoms with van der Waals surface area (Å²) in [7, 11) is 4.79. The molecule has 2 atom stereocenters. The molecule has 1 aromatic heterocycles. The summed E-state index contributed by atoms with van der Waals surface area (Å²) in [5.74, 6) is -0.950. The van der Waals surface area contributed by atoms with Gasteiger partial charge in [0.1, 0.15) is 5.57 Å². The smallest absolute Gasteiger partial charge is 0.342 e. The number of rotatable bonds is 6. The van der Waals surface area contributed by atoms with Crippen molar-refractivity contribution >= 4 is 11.8 Å². The number of nitrogens with zero attached hydrogens (tertiary/aromatic N) is 4. The highest BCUT2D eigenvalue weighted by molar-refractivity contribution is 6.19. The Bertz CT molecular complexity index is 577. The lowest BCUT2D eigenvalue weighted by Gasteiger charge is -2.09. The Balaban J connectivity index is 2.11. The standard InChI is InChI=1S/C14H20N4O3/c1-5-18-8-12(15-16-18)9-6-10(9)13(19)11(7-17(2)3)14(20)21-4/h7-10H,5-6H2,1-4H3/b11-7-. The number of aromatic nitrogens is 3. The molecule has 1 fully saturated rings. The monoisotopic (exact) mass is 292 g/mol. The molecule has 2 unspecified atom stereocenters. The normalized spacial score (nSPS) is 21.0. The third-order valence-corrected chi connectivity index (χ3v) is 3.45. The van der Waals surface area contributed by atoms with E-state index in [1.54, 1.807) is 23.7 Å². The summed E-state index contributed by atoms with van der Waals surface area (Å²) in [4.78, 5) is 25.9. The first-order valence-electron chi connectivity index (χ1n) is 6.88. The first-order valence-corrected chi connectivity index (χ1v) is 6.88. The molecule has 0 amide bonds. The van der Waals surface area contributed by atoms with Crippen LogP contribution in [0.2, 0.25) is 0 Å². The van der Waals surface area contributed by atoms with Gasteiger partial charge in [-0.1, -0.05) is 5.21 Å². The van der Waals surface area contributed by atoms with E-state index in [-0.39, 0.29) is 23.2 Å². The lowest BCUT2D eigenvalue weighted by atomic mass is 10.1. The van der Waals surface area contributed by atoms with Crippen molar-refractivity contribution in [2.45, 2.75) is 25.8 Å². The van der Waals surface area contributed by atoms with Gasteiger partial charge in [0.05, 0.1) is 12.8 Å². The molecule has 21 heavy (non-hydrogen) atoms. The zero-order valence-corrected chi connectivity index (χ0v) is 12.7. The van der Waals surface area contributed by atoms with Crippen LogP contribution in [-0.2, 0) is 20.9 Å². The molecular formula is C14H20N4O3. The van der Waals surface area contributed by atoms with Crippen molar-refractivity contribution in [1.82, 2.24) is 19.9 Å². The molecule has 0 bridgehead atoms. The molecular weight excluding hydrogens is 272 g/mol. The van der Waals surface area contributed by atoms with Crippen molar-refractivity contribution in [1.29, 1.82) is 0 Å². The van der Waals surface area contributed by atoms with E-state index in [4.69, 9.17) is 0 Å². The van der Waals surface area contributed by atoms with Gasteiger partial charge in [-0.15, -0.1) is 5.10 Å². The largest absolute Gasteiger partial charge is 0.465 e. The Morgan fingerprint density at radius 2 is 2.24 bits per heavy atom. The maximum absolute atomic E-state index is 12.5.